The highest BCUT2D eigenvalue weighted by Crippen LogP contribution is 1.93. The highest BCUT2D eigenvalue weighted by Gasteiger charge is 2.04. The molecular formula is C11H25NO2. The Morgan fingerprint density at radius 1 is 1.29 bits per heavy atom. The van der Waals surface area contributed by atoms with Gasteiger partial charge in [0.1, 0.15) is 0 Å². The molecule has 1 atom stereocenters. The Morgan fingerprint density at radius 2 is 2.00 bits per heavy atom. The van der Waals surface area contributed by atoms with Crippen LogP contribution in [-0.4, -0.2) is 37.0 Å². The predicted octanol–water partition coefficient (Wildman–Crippen LogP) is 1.55. The standard InChI is InChI=1S/C11H25NO2/c1-4-5-6-7-12-8-11(13)9-14-10(2)3/h10-13H,4-9H2,1-3H3. The average molecular weight is 203 g/mol. The van der Waals surface area contributed by atoms with Gasteiger partial charge >= 0.3 is 0 Å². The fourth-order valence-corrected chi connectivity index (χ4v) is 1.13. The van der Waals surface area contributed by atoms with E-state index in [2.05, 4.69) is 12.2 Å². The summed E-state index contributed by atoms with van der Waals surface area (Å²) >= 11 is 0. The van der Waals surface area contributed by atoms with Crippen molar-refractivity contribution in [1.29, 1.82) is 0 Å². The summed E-state index contributed by atoms with van der Waals surface area (Å²) in [6, 6.07) is 0. The third-order valence-corrected chi connectivity index (χ3v) is 1.96. The molecule has 86 valence electrons. The summed E-state index contributed by atoms with van der Waals surface area (Å²) in [5, 5.41) is 12.7. The van der Waals surface area contributed by atoms with Crippen molar-refractivity contribution in [1.82, 2.24) is 5.32 Å². The van der Waals surface area contributed by atoms with E-state index in [1.807, 2.05) is 13.8 Å². The highest BCUT2D eigenvalue weighted by atomic mass is 16.5. The van der Waals surface area contributed by atoms with Crippen LogP contribution in [0.3, 0.4) is 0 Å². The summed E-state index contributed by atoms with van der Waals surface area (Å²) in [5.74, 6) is 0. The number of nitrogens with one attached hydrogen (secondary N) is 1. The maximum atomic E-state index is 9.47. The fourth-order valence-electron chi connectivity index (χ4n) is 1.13. The molecule has 0 bridgehead atoms. The number of rotatable bonds is 9. The van der Waals surface area contributed by atoms with Crippen LogP contribution in [0.15, 0.2) is 0 Å². The topological polar surface area (TPSA) is 41.5 Å². The molecule has 14 heavy (non-hydrogen) atoms. The quantitative estimate of drug-likeness (QED) is 0.559. The molecule has 0 saturated heterocycles. The summed E-state index contributed by atoms with van der Waals surface area (Å²) in [5.41, 5.74) is 0. The van der Waals surface area contributed by atoms with Gasteiger partial charge in [0.05, 0.1) is 18.8 Å². The van der Waals surface area contributed by atoms with E-state index >= 15 is 0 Å². The van der Waals surface area contributed by atoms with Gasteiger partial charge in [-0.3, -0.25) is 0 Å². The van der Waals surface area contributed by atoms with Crippen molar-refractivity contribution in [2.24, 2.45) is 0 Å². The molecule has 0 aliphatic heterocycles. The van der Waals surface area contributed by atoms with Crippen LogP contribution >= 0.6 is 0 Å². The van der Waals surface area contributed by atoms with Gasteiger partial charge in [-0.15, -0.1) is 0 Å². The lowest BCUT2D eigenvalue weighted by Crippen LogP contribution is -2.31. The largest absolute Gasteiger partial charge is 0.389 e. The lowest BCUT2D eigenvalue weighted by Gasteiger charge is -2.14. The molecule has 0 radical (unpaired) electrons. The summed E-state index contributed by atoms with van der Waals surface area (Å²) in [6.45, 7) is 8.19. The van der Waals surface area contributed by atoms with Gasteiger partial charge in [0.15, 0.2) is 0 Å². The molecular weight excluding hydrogens is 178 g/mol. The molecule has 0 aliphatic rings. The molecule has 0 fully saturated rings. The third-order valence-electron chi connectivity index (χ3n) is 1.96. The molecule has 3 nitrogen and oxygen atoms in total. The van der Waals surface area contributed by atoms with Gasteiger partial charge < -0.3 is 15.2 Å². The second kappa shape index (κ2) is 9.44. The molecule has 0 aliphatic carbocycles. The zero-order valence-corrected chi connectivity index (χ0v) is 9.75. The van der Waals surface area contributed by atoms with Crippen LogP contribution in [0.1, 0.15) is 40.0 Å². The minimum absolute atomic E-state index is 0.199. The van der Waals surface area contributed by atoms with Gasteiger partial charge in [-0.05, 0) is 26.8 Å². The Hall–Kier alpha value is -0.120. The summed E-state index contributed by atoms with van der Waals surface area (Å²) in [6.07, 6.45) is 3.50. The van der Waals surface area contributed by atoms with E-state index in [0.717, 1.165) is 6.54 Å². The van der Waals surface area contributed by atoms with Gasteiger partial charge in [-0.1, -0.05) is 19.8 Å². The van der Waals surface area contributed by atoms with Crippen molar-refractivity contribution in [2.45, 2.75) is 52.2 Å². The molecule has 1 unspecified atom stereocenters. The average Bonchev–Trinajstić information content (AvgIpc) is 2.14. The molecule has 0 aromatic heterocycles. The van der Waals surface area contributed by atoms with Crippen molar-refractivity contribution in [3.63, 3.8) is 0 Å². The Balaban J connectivity index is 3.14. The van der Waals surface area contributed by atoms with Crippen LogP contribution < -0.4 is 5.32 Å². The first kappa shape index (κ1) is 13.9. The molecule has 0 amide bonds. The zero-order valence-electron chi connectivity index (χ0n) is 9.75. The minimum atomic E-state index is -0.376. The summed E-state index contributed by atoms with van der Waals surface area (Å²) in [4.78, 5) is 0. The molecule has 2 N–H and O–H groups in total. The maximum absolute atomic E-state index is 9.47. The van der Waals surface area contributed by atoms with Gasteiger partial charge in [-0.2, -0.15) is 0 Å². The molecule has 0 spiro atoms. The van der Waals surface area contributed by atoms with Gasteiger partial charge in [0, 0.05) is 6.54 Å². The van der Waals surface area contributed by atoms with Crippen molar-refractivity contribution in [3.05, 3.63) is 0 Å². The van der Waals surface area contributed by atoms with Crippen LogP contribution in [0.25, 0.3) is 0 Å². The first-order valence-electron chi connectivity index (χ1n) is 5.67. The number of hydrogen-bond donors (Lipinski definition) is 2. The van der Waals surface area contributed by atoms with Crippen LogP contribution in [0, 0.1) is 0 Å². The van der Waals surface area contributed by atoms with Crippen LogP contribution in [0.2, 0.25) is 0 Å². The second-order valence-corrected chi connectivity index (χ2v) is 3.95. The van der Waals surface area contributed by atoms with Gasteiger partial charge in [0.25, 0.3) is 0 Å². The molecule has 0 aromatic rings. The highest BCUT2D eigenvalue weighted by molar-refractivity contribution is 4.58. The SMILES string of the molecule is CCCCCNCC(O)COC(C)C. The third kappa shape index (κ3) is 9.96. The van der Waals surface area contributed by atoms with Crippen LogP contribution in [0.4, 0.5) is 0 Å². The lowest BCUT2D eigenvalue weighted by molar-refractivity contribution is 0.00646. The zero-order chi connectivity index (χ0) is 10.8. The molecule has 3 heteroatoms. The minimum Gasteiger partial charge on any atom is -0.389 e. The van der Waals surface area contributed by atoms with Crippen molar-refractivity contribution >= 4 is 0 Å². The smallest absolute Gasteiger partial charge is 0.0897 e. The van der Waals surface area contributed by atoms with E-state index in [-0.39, 0.29) is 12.2 Å². The van der Waals surface area contributed by atoms with E-state index in [1.165, 1.54) is 19.3 Å². The van der Waals surface area contributed by atoms with Gasteiger partial charge in [0.2, 0.25) is 0 Å². The van der Waals surface area contributed by atoms with E-state index < -0.39 is 0 Å². The Bertz CT molecular complexity index is 118. The normalized spacial score (nSPS) is 13.5. The first-order chi connectivity index (χ1) is 6.66. The van der Waals surface area contributed by atoms with E-state index in [0.29, 0.717) is 13.2 Å². The number of ether oxygens (including phenoxy) is 1. The summed E-state index contributed by atoms with van der Waals surface area (Å²) in [7, 11) is 0. The van der Waals surface area contributed by atoms with Crippen molar-refractivity contribution in [2.75, 3.05) is 19.7 Å². The molecule has 0 heterocycles. The summed E-state index contributed by atoms with van der Waals surface area (Å²) < 4.78 is 5.29. The monoisotopic (exact) mass is 203 g/mol. The number of unbranched alkanes of at least 4 members (excludes halogenated alkanes) is 2. The first-order valence-corrected chi connectivity index (χ1v) is 5.67. The lowest BCUT2D eigenvalue weighted by atomic mass is 10.2. The predicted molar refractivity (Wildman–Crippen MR) is 59.5 cm³/mol. The number of aliphatic hydroxyl groups excluding tert-OH is 1. The Morgan fingerprint density at radius 3 is 2.57 bits per heavy atom. The number of aliphatic hydroxyl groups is 1. The van der Waals surface area contributed by atoms with E-state index in [4.69, 9.17) is 4.74 Å². The molecule has 0 saturated carbocycles. The fraction of sp³-hybridized carbons (Fsp3) is 1.00. The van der Waals surface area contributed by atoms with Crippen LogP contribution in [-0.2, 0) is 4.74 Å². The second-order valence-electron chi connectivity index (χ2n) is 3.95. The molecule has 0 aromatic carbocycles. The van der Waals surface area contributed by atoms with Crippen LogP contribution in [0.5, 0.6) is 0 Å². The van der Waals surface area contributed by atoms with Crippen molar-refractivity contribution in [3.8, 4) is 0 Å². The van der Waals surface area contributed by atoms with Gasteiger partial charge in [-0.25, -0.2) is 0 Å². The number of hydrogen-bond acceptors (Lipinski definition) is 3. The Labute approximate surface area is 87.8 Å². The Kier molecular flexibility index (Phi) is 9.35. The molecule has 0 rings (SSSR count). The van der Waals surface area contributed by atoms with Crippen molar-refractivity contribution < 1.29 is 9.84 Å². The van der Waals surface area contributed by atoms with E-state index in [1.54, 1.807) is 0 Å². The maximum Gasteiger partial charge on any atom is 0.0897 e. The van der Waals surface area contributed by atoms with E-state index in [9.17, 15) is 5.11 Å².